The molecule has 3 heterocycles. The zero-order chi connectivity index (χ0) is 14.2. The molecular formula is C15H21N5O. The van der Waals surface area contributed by atoms with E-state index in [1.807, 2.05) is 6.92 Å². The summed E-state index contributed by atoms with van der Waals surface area (Å²) in [6.45, 7) is 3.64. The molecule has 0 aromatic carbocycles. The van der Waals surface area contributed by atoms with Crippen LogP contribution < -0.4 is 0 Å². The van der Waals surface area contributed by atoms with Gasteiger partial charge in [0.25, 0.3) is 0 Å². The van der Waals surface area contributed by atoms with Crippen molar-refractivity contribution < 1.29 is 4.52 Å². The van der Waals surface area contributed by atoms with Crippen LogP contribution in [-0.4, -0.2) is 31.6 Å². The van der Waals surface area contributed by atoms with E-state index in [9.17, 15) is 0 Å². The van der Waals surface area contributed by atoms with E-state index in [0.29, 0.717) is 17.8 Å². The summed E-state index contributed by atoms with van der Waals surface area (Å²) in [6.07, 6.45) is 7.18. The van der Waals surface area contributed by atoms with Crippen molar-refractivity contribution in [3.8, 4) is 0 Å². The molecule has 0 saturated carbocycles. The standard InChI is InChI=1S/C15H21N5O/c1-10-16-14(21-19-10)9-20-8-4-7-13(20)15-17-11-5-2-3-6-12(11)18-15/h13H,2-9H2,1H3,(H,17,18)/t13-/m0/s1. The SMILES string of the molecule is Cc1noc(CN2CCC[C@H]2c2nc3c([nH]2)CCCC3)n1. The number of aromatic amines is 1. The summed E-state index contributed by atoms with van der Waals surface area (Å²) < 4.78 is 5.26. The van der Waals surface area contributed by atoms with Crippen LogP contribution in [0.3, 0.4) is 0 Å². The molecule has 0 bridgehead atoms. The van der Waals surface area contributed by atoms with Crippen molar-refractivity contribution in [2.45, 2.75) is 58.0 Å². The summed E-state index contributed by atoms with van der Waals surface area (Å²) in [7, 11) is 0. The third kappa shape index (κ3) is 2.48. The Morgan fingerprint density at radius 3 is 2.95 bits per heavy atom. The predicted molar refractivity (Wildman–Crippen MR) is 76.6 cm³/mol. The zero-order valence-electron chi connectivity index (χ0n) is 12.4. The molecule has 0 radical (unpaired) electrons. The Bertz CT molecular complexity index is 608. The Hall–Kier alpha value is -1.69. The number of imidazole rings is 1. The highest BCUT2D eigenvalue weighted by Gasteiger charge is 2.30. The first-order chi connectivity index (χ1) is 10.3. The molecule has 0 spiro atoms. The lowest BCUT2D eigenvalue weighted by Crippen LogP contribution is -2.23. The number of fused-ring (bicyclic) bond motifs is 1. The van der Waals surface area contributed by atoms with Crippen molar-refractivity contribution >= 4 is 0 Å². The second kappa shape index (κ2) is 5.26. The molecule has 1 saturated heterocycles. The van der Waals surface area contributed by atoms with Crippen LogP contribution in [0.25, 0.3) is 0 Å². The molecule has 6 heteroatoms. The highest BCUT2D eigenvalue weighted by atomic mass is 16.5. The van der Waals surface area contributed by atoms with Gasteiger partial charge in [-0.25, -0.2) is 4.98 Å². The lowest BCUT2D eigenvalue weighted by molar-refractivity contribution is 0.206. The average Bonchev–Trinajstić information content (AvgIpc) is 3.18. The van der Waals surface area contributed by atoms with Gasteiger partial charge in [0.15, 0.2) is 5.82 Å². The number of aromatic nitrogens is 4. The molecule has 2 aromatic rings. The van der Waals surface area contributed by atoms with E-state index in [4.69, 9.17) is 9.51 Å². The number of hydrogen-bond acceptors (Lipinski definition) is 5. The van der Waals surface area contributed by atoms with Crippen LogP contribution in [0.5, 0.6) is 0 Å². The second-order valence-corrected chi connectivity index (χ2v) is 6.12. The van der Waals surface area contributed by atoms with Crippen molar-refractivity contribution in [3.05, 3.63) is 28.9 Å². The maximum atomic E-state index is 5.26. The first-order valence-electron chi connectivity index (χ1n) is 7.90. The predicted octanol–water partition coefficient (Wildman–Crippen LogP) is 2.32. The van der Waals surface area contributed by atoms with Crippen LogP contribution in [0.2, 0.25) is 0 Å². The molecule has 1 atom stereocenters. The number of likely N-dealkylation sites (tertiary alicyclic amines) is 1. The Kier molecular flexibility index (Phi) is 3.25. The minimum absolute atomic E-state index is 0.364. The number of hydrogen-bond donors (Lipinski definition) is 1. The van der Waals surface area contributed by atoms with E-state index in [1.165, 1.54) is 30.7 Å². The van der Waals surface area contributed by atoms with E-state index in [0.717, 1.165) is 38.2 Å². The second-order valence-electron chi connectivity index (χ2n) is 6.12. The quantitative estimate of drug-likeness (QED) is 0.938. The Morgan fingerprint density at radius 1 is 1.24 bits per heavy atom. The van der Waals surface area contributed by atoms with E-state index in [2.05, 4.69) is 20.0 Å². The van der Waals surface area contributed by atoms with Gasteiger partial charge < -0.3 is 9.51 Å². The Balaban J connectivity index is 1.54. The molecule has 2 aromatic heterocycles. The molecule has 1 aliphatic heterocycles. The fourth-order valence-electron chi connectivity index (χ4n) is 3.54. The van der Waals surface area contributed by atoms with Gasteiger partial charge in [-0.1, -0.05) is 5.16 Å². The van der Waals surface area contributed by atoms with Crippen molar-refractivity contribution in [1.29, 1.82) is 0 Å². The van der Waals surface area contributed by atoms with Crippen molar-refractivity contribution in [2.24, 2.45) is 0 Å². The Labute approximate surface area is 123 Å². The normalized spacial score (nSPS) is 22.6. The van der Waals surface area contributed by atoms with Crippen LogP contribution >= 0.6 is 0 Å². The average molecular weight is 287 g/mol. The molecule has 0 unspecified atom stereocenters. The van der Waals surface area contributed by atoms with Gasteiger partial charge in [-0.2, -0.15) is 4.98 Å². The lowest BCUT2D eigenvalue weighted by Gasteiger charge is -2.20. The number of rotatable bonds is 3. The largest absolute Gasteiger partial charge is 0.344 e. The Morgan fingerprint density at radius 2 is 2.14 bits per heavy atom. The summed E-state index contributed by atoms with van der Waals surface area (Å²) in [6, 6.07) is 0.364. The number of nitrogens with one attached hydrogen (secondary N) is 1. The van der Waals surface area contributed by atoms with Crippen molar-refractivity contribution in [2.75, 3.05) is 6.54 Å². The summed E-state index contributed by atoms with van der Waals surface area (Å²) in [5.74, 6) is 2.54. The highest BCUT2D eigenvalue weighted by molar-refractivity contribution is 5.19. The fraction of sp³-hybridized carbons (Fsp3) is 0.667. The molecule has 1 fully saturated rings. The van der Waals surface area contributed by atoms with Gasteiger partial charge in [0.2, 0.25) is 5.89 Å². The molecule has 1 aliphatic carbocycles. The van der Waals surface area contributed by atoms with E-state index < -0.39 is 0 Å². The zero-order valence-corrected chi connectivity index (χ0v) is 12.4. The summed E-state index contributed by atoms with van der Waals surface area (Å²) in [5, 5.41) is 3.87. The first-order valence-corrected chi connectivity index (χ1v) is 7.90. The van der Waals surface area contributed by atoms with Crippen LogP contribution in [0.1, 0.15) is 60.7 Å². The number of H-pyrrole nitrogens is 1. The fourth-order valence-corrected chi connectivity index (χ4v) is 3.54. The van der Waals surface area contributed by atoms with E-state index in [-0.39, 0.29) is 0 Å². The van der Waals surface area contributed by atoms with Gasteiger partial charge in [0.05, 0.1) is 18.3 Å². The molecule has 112 valence electrons. The van der Waals surface area contributed by atoms with E-state index in [1.54, 1.807) is 0 Å². The molecule has 0 amide bonds. The van der Waals surface area contributed by atoms with Gasteiger partial charge in [-0.15, -0.1) is 0 Å². The monoisotopic (exact) mass is 287 g/mol. The number of aryl methyl sites for hydroxylation is 3. The van der Waals surface area contributed by atoms with Gasteiger partial charge >= 0.3 is 0 Å². The number of nitrogens with zero attached hydrogens (tertiary/aromatic N) is 4. The maximum Gasteiger partial charge on any atom is 0.240 e. The summed E-state index contributed by atoms with van der Waals surface area (Å²) >= 11 is 0. The minimum atomic E-state index is 0.364. The van der Waals surface area contributed by atoms with Gasteiger partial charge in [0.1, 0.15) is 5.82 Å². The molecule has 21 heavy (non-hydrogen) atoms. The topological polar surface area (TPSA) is 70.8 Å². The highest BCUT2D eigenvalue weighted by Crippen LogP contribution is 2.33. The molecule has 2 aliphatic rings. The van der Waals surface area contributed by atoms with Gasteiger partial charge in [0, 0.05) is 5.69 Å². The first kappa shape index (κ1) is 13.0. The van der Waals surface area contributed by atoms with Crippen LogP contribution in [0, 0.1) is 6.92 Å². The van der Waals surface area contributed by atoms with Crippen LogP contribution in [-0.2, 0) is 19.4 Å². The van der Waals surface area contributed by atoms with Gasteiger partial charge in [-0.3, -0.25) is 4.90 Å². The molecular weight excluding hydrogens is 266 g/mol. The smallest absolute Gasteiger partial charge is 0.240 e. The third-order valence-corrected chi connectivity index (χ3v) is 4.56. The van der Waals surface area contributed by atoms with Crippen LogP contribution in [0.4, 0.5) is 0 Å². The van der Waals surface area contributed by atoms with Crippen LogP contribution in [0.15, 0.2) is 4.52 Å². The van der Waals surface area contributed by atoms with Gasteiger partial charge in [-0.05, 0) is 52.0 Å². The maximum absolute atomic E-state index is 5.26. The van der Waals surface area contributed by atoms with E-state index >= 15 is 0 Å². The molecule has 4 rings (SSSR count). The summed E-state index contributed by atoms with van der Waals surface area (Å²) in [4.78, 5) is 15.2. The lowest BCUT2D eigenvalue weighted by atomic mass is 10.0. The van der Waals surface area contributed by atoms with Crippen molar-refractivity contribution in [3.63, 3.8) is 0 Å². The summed E-state index contributed by atoms with van der Waals surface area (Å²) in [5.41, 5.74) is 2.65. The third-order valence-electron chi connectivity index (χ3n) is 4.56. The molecule has 1 N–H and O–H groups in total. The minimum Gasteiger partial charge on any atom is -0.344 e. The van der Waals surface area contributed by atoms with Crippen molar-refractivity contribution in [1.82, 2.24) is 25.0 Å². The molecule has 6 nitrogen and oxygen atoms in total.